The van der Waals surface area contributed by atoms with Gasteiger partial charge in [-0.05, 0) is 37.3 Å². The summed E-state index contributed by atoms with van der Waals surface area (Å²) in [7, 11) is 1.84. The van der Waals surface area contributed by atoms with Crippen LogP contribution in [0.3, 0.4) is 0 Å². The van der Waals surface area contributed by atoms with Gasteiger partial charge in [0.2, 0.25) is 0 Å². The first-order valence-corrected chi connectivity index (χ1v) is 8.81. The highest BCUT2D eigenvalue weighted by atomic mass is 16.2. The van der Waals surface area contributed by atoms with Crippen LogP contribution in [0.1, 0.15) is 42.3 Å². The van der Waals surface area contributed by atoms with Crippen molar-refractivity contribution in [1.29, 1.82) is 0 Å². The highest BCUT2D eigenvalue weighted by Gasteiger charge is 2.36. The van der Waals surface area contributed by atoms with Gasteiger partial charge in [-0.3, -0.25) is 19.1 Å². The number of aryl methyl sites for hydroxylation is 1. The number of aromatic nitrogens is 2. The molecule has 0 fully saturated rings. The summed E-state index contributed by atoms with van der Waals surface area (Å²) in [4.78, 5) is 38.9. The molecule has 0 atom stereocenters. The molecule has 28 heavy (non-hydrogen) atoms. The Bertz CT molecular complexity index is 1080. The van der Waals surface area contributed by atoms with E-state index in [0.717, 1.165) is 16.2 Å². The highest BCUT2D eigenvalue weighted by Crippen LogP contribution is 2.28. The van der Waals surface area contributed by atoms with Crippen molar-refractivity contribution in [1.82, 2.24) is 15.1 Å². The van der Waals surface area contributed by atoms with Crippen molar-refractivity contribution < 1.29 is 14.4 Å². The average Bonchev–Trinajstić information content (AvgIpc) is 3.17. The highest BCUT2D eigenvalue weighted by molar-refractivity contribution is 6.34. The summed E-state index contributed by atoms with van der Waals surface area (Å²) < 4.78 is 1.74. The first-order chi connectivity index (χ1) is 13.5. The number of carbonyl (C=O) groups is 3. The zero-order chi connectivity index (χ0) is 19.8. The topological polar surface area (TPSA) is 84.3 Å². The molecule has 0 saturated carbocycles. The minimum atomic E-state index is -0.385. The molecule has 0 aliphatic carbocycles. The van der Waals surface area contributed by atoms with Gasteiger partial charge in [0.25, 0.3) is 17.7 Å². The summed E-state index contributed by atoms with van der Waals surface area (Å²) in [6, 6.07) is 13.2. The summed E-state index contributed by atoms with van der Waals surface area (Å²) >= 11 is 0. The molecule has 3 amide bonds. The molecule has 0 spiro atoms. The molecule has 4 rings (SSSR count). The molecular weight excluding hydrogens is 356 g/mol. The quantitative estimate of drug-likeness (QED) is 0.711. The maximum atomic E-state index is 12.6. The van der Waals surface area contributed by atoms with Gasteiger partial charge in [-0.25, -0.2) is 4.90 Å². The number of benzene rings is 2. The molecule has 1 aliphatic rings. The van der Waals surface area contributed by atoms with E-state index in [4.69, 9.17) is 0 Å². The number of hydrogen-bond acceptors (Lipinski definition) is 4. The van der Waals surface area contributed by atoms with Crippen molar-refractivity contribution in [2.75, 3.05) is 4.90 Å². The SMILES string of the molecule is Cc1c(CNC(=O)c2cccc(N3C(=O)c4ccccc4C3=O)c2)cnn1C. The standard InChI is InChI=1S/C21H18N4O3/c1-13-15(12-23-24(13)2)11-22-19(26)14-6-5-7-16(10-14)25-20(27)17-8-3-4-9-18(17)21(25)28/h3-10,12H,11H2,1-2H3,(H,22,26). The van der Waals surface area contributed by atoms with Crippen LogP contribution >= 0.6 is 0 Å². The second-order valence-corrected chi connectivity index (χ2v) is 6.60. The van der Waals surface area contributed by atoms with Gasteiger partial charge in [-0.2, -0.15) is 5.10 Å². The molecule has 2 aromatic carbocycles. The maximum Gasteiger partial charge on any atom is 0.266 e. The third kappa shape index (κ3) is 2.87. The lowest BCUT2D eigenvalue weighted by atomic mass is 10.1. The summed E-state index contributed by atoms with van der Waals surface area (Å²) in [5, 5.41) is 7.00. The second-order valence-electron chi connectivity index (χ2n) is 6.60. The van der Waals surface area contributed by atoms with Crippen LogP contribution in [0.4, 0.5) is 5.69 Å². The molecule has 0 radical (unpaired) electrons. The number of nitrogens with one attached hydrogen (secondary N) is 1. The van der Waals surface area contributed by atoms with Crippen LogP contribution in [0, 0.1) is 6.92 Å². The number of anilines is 1. The van der Waals surface area contributed by atoms with Crippen LogP contribution in [0.2, 0.25) is 0 Å². The summed E-state index contributed by atoms with van der Waals surface area (Å²) in [5.74, 6) is -1.06. The Morgan fingerprint density at radius 2 is 1.71 bits per heavy atom. The predicted octanol–water partition coefficient (Wildman–Crippen LogP) is 2.46. The Kier molecular flexibility index (Phi) is 4.27. The van der Waals surface area contributed by atoms with Crippen molar-refractivity contribution in [3.63, 3.8) is 0 Å². The fraction of sp³-hybridized carbons (Fsp3) is 0.143. The lowest BCUT2D eigenvalue weighted by Gasteiger charge is -2.15. The molecule has 0 unspecified atom stereocenters. The Morgan fingerprint density at radius 1 is 1.04 bits per heavy atom. The van der Waals surface area contributed by atoms with Crippen LogP contribution in [-0.2, 0) is 13.6 Å². The van der Waals surface area contributed by atoms with Crippen molar-refractivity contribution >= 4 is 23.4 Å². The van der Waals surface area contributed by atoms with Crippen LogP contribution in [0.25, 0.3) is 0 Å². The van der Waals surface area contributed by atoms with E-state index in [2.05, 4.69) is 10.4 Å². The summed E-state index contributed by atoms with van der Waals surface area (Å²) in [5.41, 5.74) is 3.38. The van der Waals surface area contributed by atoms with E-state index in [1.165, 1.54) is 0 Å². The van der Waals surface area contributed by atoms with E-state index in [1.54, 1.807) is 59.4 Å². The van der Waals surface area contributed by atoms with Gasteiger partial charge in [0, 0.05) is 30.4 Å². The van der Waals surface area contributed by atoms with Crippen molar-refractivity contribution in [2.24, 2.45) is 7.05 Å². The Labute approximate surface area is 161 Å². The number of nitrogens with zero attached hydrogens (tertiary/aromatic N) is 3. The average molecular weight is 374 g/mol. The predicted molar refractivity (Wildman–Crippen MR) is 103 cm³/mol. The third-order valence-corrected chi connectivity index (χ3v) is 4.94. The maximum absolute atomic E-state index is 12.6. The molecular formula is C21H18N4O3. The van der Waals surface area contributed by atoms with Gasteiger partial charge in [0.15, 0.2) is 0 Å². The molecule has 3 aromatic rings. The lowest BCUT2D eigenvalue weighted by Crippen LogP contribution is -2.30. The minimum Gasteiger partial charge on any atom is -0.348 e. The van der Waals surface area contributed by atoms with Crippen molar-refractivity contribution in [3.05, 3.63) is 82.7 Å². The smallest absolute Gasteiger partial charge is 0.266 e. The summed E-state index contributed by atoms with van der Waals surface area (Å²) in [6.07, 6.45) is 1.71. The van der Waals surface area contributed by atoms with Gasteiger partial charge < -0.3 is 5.32 Å². The zero-order valence-electron chi connectivity index (χ0n) is 15.5. The van der Waals surface area contributed by atoms with E-state index < -0.39 is 0 Å². The van der Waals surface area contributed by atoms with Gasteiger partial charge in [-0.1, -0.05) is 18.2 Å². The van der Waals surface area contributed by atoms with Gasteiger partial charge in [0.1, 0.15) is 0 Å². The van der Waals surface area contributed by atoms with E-state index in [-0.39, 0.29) is 17.7 Å². The molecule has 1 N–H and O–H groups in total. The Morgan fingerprint density at radius 3 is 2.32 bits per heavy atom. The Hall–Kier alpha value is -3.74. The summed E-state index contributed by atoms with van der Waals surface area (Å²) in [6.45, 7) is 2.27. The number of hydrogen-bond donors (Lipinski definition) is 1. The first-order valence-electron chi connectivity index (χ1n) is 8.81. The van der Waals surface area contributed by atoms with E-state index >= 15 is 0 Å². The Balaban J connectivity index is 1.55. The fourth-order valence-electron chi connectivity index (χ4n) is 3.21. The zero-order valence-corrected chi connectivity index (χ0v) is 15.5. The lowest BCUT2D eigenvalue weighted by molar-refractivity contribution is 0.0919. The normalized spacial score (nSPS) is 13.0. The van der Waals surface area contributed by atoms with Crippen molar-refractivity contribution in [2.45, 2.75) is 13.5 Å². The molecule has 0 saturated heterocycles. The van der Waals surface area contributed by atoms with Crippen LogP contribution < -0.4 is 10.2 Å². The number of amides is 3. The number of rotatable bonds is 4. The van der Waals surface area contributed by atoms with E-state index in [0.29, 0.717) is 28.9 Å². The molecule has 1 aromatic heterocycles. The first kappa shape index (κ1) is 17.7. The van der Waals surface area contributed by atoms with Crippen molar-refractivity contribution in [3.8, 4) is 0 Å². The molecule has 0 bridgehead atoms. The number of carbonyl (C=O) groups excluding carboxylic acids is 3. The second kappa shape index (κ2) is 6.77. The monoisotopic (exact) mass is 374 g/mol. The number of imide groups is 1. The number of fused-ring (bicyclic) bond motifs is 1. The van der Waals surface area contributed by atoms with Crippen LogP contribution in [0.5, 0.6) is 0 Å². The molecule has 2 heterocycles. The fourth-order valence-corrected chi connectivity index (χ4v) is 3.21. The largest absolute Gasteiger partial charge is 0.348 e. The van der Waals surface area contributed by atoms with Crippen LogP contribution in [0.15, 0.2) is 54.7 Å². The third-order valence-electron chi connectivity index (χ3n) is 4.94. The molecule has 140 valence electrons. The van der Waals surface area contributed by atoms with Gasteiger partial charge in [0.05, 0.1) is 23.0 Å². The molecule has 7 heteroatoms. The molecule has 1 aliphatic heterocycles. The van der Waals surface area contributed by atoms with Crippen LogP contribution in [-0.4, -0.2) is 27.5 Å². The van der Waals surface area contributed by atoms with Gasteiger partial charge in [-0.15, -0.1) is 0 Å². The van der Waals surface area contributed by atoms with E-state index in [1.807, 2.05) is 14.0 Å². The van der Waals surface area contributed by atoms with Gasteiger partial charge >= 0.3 is 0 Å². The van der Waals surface area contributed by atoms with E-state index in [9.17, 15) is 14.4 Å². The minimum absolute atomic E-state index is 0.290. The molecule has 7 nitrogen and oxygen atoms in total.